The van der Waals surface area contributed by atoms with Gasteiger partial charge in [-0.2, -0.15) is 4.37 Å². The van der Waals surface area contributed by atoms with Gasteiger partial charge in [0.2, 0.25) is 6.73 Å². The van der Waals surface area contributed by atoms with Crippen molar-refractivity contribution in [2.24, 2.45) is 5.92 Å². The fraction of sp³-hybridized carbons (Fsp3) is 0.737. The van der Waals surface area contributed by atoms with Gasteiger partial charge < -0.3 is 9.47 Å². The fourth-order valence-electron chi connectivity index (χ4n) is 2.94. The summed E-state index contributed by atoms with van der Waals surface area (Å²) in [4.78, 5) is 11.8. The van der Waals surface area contributed by atoms with Crippen molar-refractivity contribution in [3.63, 3.8) is 0 Å². The highest BCUT2D eigenvalue weighted by Gasteiger charge is 2.31. The number of rotatable bonds is 10. The van der Waals surface area contributed by atoms with E-state index >= 15 is 0 Å². The maximum Gasteiger partial charge on any atom is 0.312 e. The number of nitrogens with zero attached hydrogens (tertiary/aromatic N) is 3. The normalized spacial score (nSPS) is 20.1. The number of quaternary nitrogens is 1. The molecule has 7 heteroatoms. The van der Waals surface area contributed by atoms with Gasteiger partial charge in [0.25, 0.3) is 5.88 Å². The van der Waals surface area contributed by atoms with Crippen molar-refractivity contribution in [2.75, 3.05) is 33.5 Å². The minimum absolute atomic E-state index is 0.100. The van der Waals surface area contributed by atoms with Crippen molar-refractivity contribution in [3.8, 4) is 5.88 Å². The summed E-state index contributed by atoms with van der Waals surface area (Å²) in [6.45, 7) is 8.70. The Balaban J connectivity index is 1.94. The summed E-state index contributed by atoms with van der Waals surface area (Å²) >= 11 is 1.19. The van der Waals surface area contributed by atoms with Crippen molar-refractivity contribution in [2.45, 2.75) is 52.9 Å². The van der Waals surface area contributed by atoms with Crippen LogP contribution in [0.4, 0.5) is 0 Å². The number of carbonyl (C=O) groups excluding carboxylic acids is 1. The summed E-state index contributed by atoms with van der Waals surface area (Å²) in [6, 6.07) is 0. The van der Waals surface area contributed by atoms with Crippen LogP contribution < -0.4 is 4.74 Å². The van der Waals surface area contributed by atoms with Crippen molar-refractivity contribution >= 4 is 23.3 Å². The van der Waals surface area contributed by atoms with E-state index in [-0.39, 0.29) is 11.9 Å². The molecule has 0 saturated carbocycles. The van der Waals surface area contributed by atoms with Crippen molar-refractivity contribution in [1.29, 1.82) is 0 Å². The van der Waals surface area contributed by atoms with Crippen LogP contribution >= 0.6 is 11.7 Å². The molecule has 6 nitrogen and oxygen atoms in total. The van der Waals surface area contributed by atoms with E-state index in [9.17, 15) is 4.79 Å². The van der Waals surface area contributed by atoms with E-state index in [0.29, 0.717) is 23.7 Å². The molecule has 26 heavy (non-hydrogen) atoms. The van der Waals surface area contributed by atoms with Gasteiger partial charge in [0.15, 0.2) is 0 Å². The van der Waals surface area contributed by atoms with Crippen LogP contribution in [-0.2, 0) is 9.53 Å². The Morgan fingerprint density at radius 2 is 2.12 bits per heavy atom. The molecule has 2 rings (SSSR count). The lowest BCUT2D eigenvalue weighted by Crippen LogP contribution is -2.49. The highest BCUT2D eigenvalue weighted by Crippen LogP contribution is 2.30. The zero-order chi connectivity index (χ0) is 19.0. The molecule has 0 aromatic carbocycles. The van der Waals surface area contributed by atoms with E-state index < -0.39 is 0 Å². The van der Waals surface area contributed by atoms with Gasteiger partial charge in [-0.3, -0.25) is 9.28 Å². The smallest absolute Gasteiger partial charge is 0.312 e. The minimum atomic E-state index is -0.146. The summed E-state index contributed by atoms with van der Waals surface area (Å²) in [7, 11) is 2.12. The maximum absolute atomic E-state index is 11.8. The van der Waals surface area contributed by atoms with Crippen LogP contribution in [-0.4, -0.2) is 52.7 Å². The predicted octanol–water partition coefficient (Wildman–Crippen LogP) is 3.89. The second-order valence-corrected chi connectivity index (χ2v) is 8.12. The monoisotopic (exact) mass is 382 g/mol. The van der Waals surface area contributed by atoms with E-state index in [1.807, 2.05) is 13.8 Å². The Kier molecular flexibility index (Phi) is 8.03. The summed E-state index contributed by atoms with van der Waals surface area (Å²) < 4.78 is 20.8. The molecule has 1 aliphatic heterocycles. The molecule has 1 aliphatic rings. The Bertz CT molecular complexity index is 615. The second-order valence-electron chi connectivity index (χ2n) is 7.59. The molecule has 2 heterocycles. The minimum Gasteiger partial charge on any atom is -0.475 e. The highest BCUT2D eigenvalue weighted by molar-refractivity contribution is 6.99. The first-order valence-corrected chi connectivity index (χ1v) is 10.3. The van der Waals surface area contributed by atoms with Gasteiger partial charge in [0.1, 0.15) is 12.2 Å². The van der Waals surface area contributed by atoms with Gasteiger partial charge in [0, 0.05) is 12.0 Å². The molecule has 0 saturated heterocycles. The van der Waals surface area contributed by atoms with Crippen molar-refractivity contribution in [1.82, 2.24) is 8.75 Å². The highest BCUT2D eigenvalue weighted by atomic mass is 32.1. The molecule has 0 bridgehead atoms. The molecular formula is C19H32N3O3S+. The molecule has 0 aliphatic carbocycles. The zero-order valence-electron chi connectivity index (χ0n) is 16.5. The third kappa shape index (κ3) is 6.06. The Labute approximate surface area is 161 Å². The molecule has 1 aromatic heterocycles. The topological polar surface area (TPSA) is 61.3 Å². The first-order chi connectivity index (χ1) is 12.4. The number of hydrogen-bond acceptors (Lipinski definition) is 6. The van der Waals surface area contributed by atoms with Gasteiger partial charge in [0.05, 0.1) is 37.8 Å². The van der Waals surface area contributed by atoms with E-state index in [0.717, 1.165) is 37.2 Å². The quantitative estimate of drug-likeness (QED) is 0.349. The van der Waals surface area contributed by atoms with Gasteiger partial charge in [-0.15, -0.1) is 4.37 Å². The van der Waals surface area contributed by atoms with Gasteiger partial charge in [-0.05, 0) is 6.42 Å². The molecular weight excluding hydrogens is 350 g/mol. The molecule has 0 fully saturated rings. The van der Waals surface area contributed by atoms with Crippen LogP contribution in [0.15, 0.2) is 6.08 Å². The van der Waals surface area contributed by atoms with Gasteiger partial charge >= 0.3 is 5.97 Å². The molecule has 1 aromatic rings. The lowest BCUT2D eigenvalue weighted by atomic mass is 10.1. The predicted molar refractivity (Wildman–Crippen MR) is 104 cm³/mol. The Morgan fingerprint density at radius 3 is 2.85 bits per heavy atom. The summed E-state index contributed by atoms with van der Waals surface area (Å²) in [6.07, 6.45) is 7.82. The molecule has 0 spiro atoms. The summed E-state index contributed by atoms with van der Waals surface area (Å²) in [5, 5.41) is 0. The van der Waals surface area contributed by atoms with E-state index in [1.165, 1.54) is 31.0 Å². The third-order valence-electron chi connectivity index (χ3n) is 4.60. The number of aromatic nitrogens is 2. The number of ether oxygens (including phenoxy) is 2. The number of carbonyl (C=O) groups is 1. The lowest BCUT2D eigenvalue weighted by Gasteiger charge is -2.36. The number of esters is 1. The Morgan fingerprint density at radius 1 is 1.31 bits per heavy atom. The van der Waals surface area contributed by atoms with E-state index in [1.54, 1.807) is 0 Å². The first kappa shape index (κ1) is 20.8. The van der Waals surface area contributed by atoms with E-state index in [2.05, 4.69) is 28.8 Å². The molecule has 0 N–H and O–H groups in total. The molecule has 1 unspecified atom stereocenters. The van der Waals surface area contributed by atoms with Gasteiger partial charge in [-0.1, -0.05) is 46.1 Å². The van der Waals surface area contributed by atoms with Crippen LogP contribution in [0.3, 0.4) is 0 Å². The standard InChI is InChI=1S/C19H32N3O3S/c1-5-6-7-8-12-24-18-17(20-26-21-18)16-10-9-11-22(4,13-16)14-25-19(23)15(2)3/h10,15H,5-9,11-14H2,1-4H3/q+1. The second kappa shape index (κ2) is 10.0. The average molecular weight is 383 g/mol. The summed E-state index contributed by atoms with van der Waals surface area (Å²) in [5.74, 6) is 0.397. The molecule has 146 valence electrons. The molecule has 1 atom stereocenters. The SMILES string of the molecule is CCCCCCOc1nsnc1C1=CCC[N+](C)(COC(=O)C(C)C)C1. The fourth-order valence-corrected chi connectivity index (χ4v) is 3.47. The van der Waals surface area contributed by atoms with Gasteiger partial charge in [-0.25, -0.2) is 0 Å². The van der Waals surface area contributed by atoms with Crippen LogP contribution in [0, 0.1) is 5.92 Å². The summed E-state index contributed by atoms with van der Waals surface area (Å²) in [5.41, 5.74) is 1.99. The van der Waals surface area contributed by atoms with Crippen molar-refractivity contribution in [3.05, 3.63) is 11.8 Å². The first-order valence-electron chi connectivity index (χ1n) is 9.60. The third-order valence-corrected chi connectivity index (χ3v) is 5.11. The maximum atomic E-state index is 11.8. The number of unbranched alkanes of at least 4 members (excludes halogenated alkanes) is 3. The zero-order valence-corrected chi connectivity index (χ0v) is 17.3. The molecule has 0 amide bonds. The van der Waals surface area contributed by atoms with Crippen LogP contribution in [0.25, 0.3) is 5.57 Å². The van der Waals surface area contributed by atoms with Crippen molar-refractivity contribution < 1.29 is 18.8 Å². The average Bonchev–Trinajstić information content (AvgIpc) is 3.08. The van der Waals surface area contributed by atoms with Crippen LogP contribution in [0.2, 0.25) is 0 Å². The lowest BCUT2D eigenvalue weighted by molar-refractivity contribution is -0.919. The number of hydrogen-bond donors (Lipinski definition) is 0. The largest absolute Gasteiger partial charge is 0.475 e. The molecule has 0 radical (unpaired) electrons. The van der Waals surface area contributed by atoms with Crippen LogP contribution in [0.1, 0.15) is 58.6 Å². The Hall–Kier alpha value is -1.47. The van der Waals surface area contributed by atoms with E-state index in [4.69, 9.17) is 9.47 Å². The van der Waals surface area contributed by atoms with Crippen LogP contribution in [0.5, 0.6) is 5.88 Å². The number of likely N-dealkylation sites (N-methyl/N-ethyl adjacent to an activating group) is 1.